The third-order valence-electron chi connectivity index (χ3n) is 4.47. The largest absolute Gasteiger partial charge is 0.444 e. The maximum atomic E-state index is 13.0. The maximum Gasteiger partial charge on any atom is 0.410 e. The van der Waals surface area contributed by atoms with Gasteiger partial charge in [-0.1, -0.05) is 17.7 Å². The SMILES string of the molecule is Cc1ccc(S(=O)(=O)N(CCO)C2CCN(C(=O)OC(C)(C)C)CC2)cc1. The van der Waals surface area contributed by atoms with Gasteiger partial charge in [0.15, 0.2) is 0 Å². The predicted octanol–water partition coefficient (Wildman–Crippen LogP) is 2.38. The number of amides is 1. The molecule has 0 saturated carbocycles. The fourth-order valence-electron chi connectivity index (χ4n) is 3.11. The zero-order chi connectivity index (χ0) is 20.2. The van der Waals surface area contributed by atoms with E-state index in [2.05, 4.69) is 0 Å². The average molecular weight is 399 g/mol. The summed E-state index contributed by atoms with van der Waals surface area (Å²) >= 11 is 0. The van der Waals surface area contributed by atoms with E-state index in [-0.39, 0.29) is 30.2 Å². The Morgan fingerprint density at radius 2 is 1.78 bits per heavy atom. The van der Waals surface area contributed by atoms with Gasteiger partial charge in [-0.15, -0.1) is 0 Å². The molecular formula is C19H30N2O5S. The number of hydrogen-bond donors (Lipinski definition) is 1. The summed E-state index contributed by atoms with van der Waals surface area (Å²) in [6, 6.07) is 6.43. The van der Waals surface area contributed by atoms with Gasteiger partial charge >= 0.3 is 6.09 Å². The minimum atomic E-state index is -3.71. The first-order valence-corrected chi connectivity index (χ1v) is 10.7. The van der Waals surface area contributed by atoms with Gasteiger partial charge in [-0.05, 0) is 52.7 Å². The van der Waals surface area contributed by atoms with Crippen LogP contribution in [0.15, 0.2) is 29.2 Å². The van der Waals surface area contributed by atoms with Gasteiger partial charge in [0.2, 0.25) is 10.0 Å². The Morgan fingerprint density at radius 3 is 2.26 bits per heavy atom. The van der Waals surface area contributed by atoms with Crippen molar-refractivity contribution in [2.45, 2.75) is 57.1 Å². The highest BCUT2D eigenvalue weighted by molar-refractivity contribution is 7.89. The van der Waals surface area contributed by atoms with Crippen molar-refractivity contribution in [2.75, 3.05) is 26.2 Å². The van der Waals surface area contributed by atoms with Gasteiger partial charge in [0.1, 0.15) is 5.60 Å². The highest BCUT2D eigenvalue weighted by Gasteiger charge is 2.35. The number of hydrogen-bond acceptors (Lipinski definition) is 5. The molecule has 8 heteroatoms. The third-order valence-corrected chi connectivity index (χ3v) is 6.44. The number of carbonyl (C=O) groups is 1. The normalized spacial score (nSPS) is 16.6. The second-order valence-electron chi connectivity index (χ2n) is 7.85. The number of benzene rings is 1. The lowest BCUT2D eigenvalue weighted by Crippen LogP contribution is -2.50. The Hall–Kier alpha value is -1.64. The summed E-state index contributed by atoms with van der Waals surface area (Å²) in [6.07, 6.45) is 0.630. The molecule has 0 bridgehead atoms. The second kappa shape index (κ2) is 8.58. The fourth-order valence-corrected chi connectivity index (χ4v) is 4.78. The van der Waals surface area contributed by atoms with E-state index in [0.717, 1.165) is 5.56 Å². The molecular weight excluding hydrogens is 368 g/mol. The van der Waals surface area contributed by atoms with Gasteiger partial charge in [-0.25, -0.2) is 13.2 Å². The van der Waals surface area contributed by atoms with Crippen LogP contribution < -0.4 is 0 Å². The van der Waals surface area contributed by atoms with E-state index in [1.165, 1.54) is 4.31 Å². The second-order valence-corrected chi connectivity index (χ2v) is 9.74. The first-order chi connectivity index (χ1) is 12.5. The van der Waals surface area contributed by atoms with E-state index in [9.17, 15) is 18.3 Å². The van der Waals surface area contributed by atoms with Crippen LogP contribution in [0.25, 0.3) is 0 Å². The number of nitrogens with zero attached hydrogens (tertiary/aromatic N) is 2. The number of sulfonamides is 1. The number of aliphatic hydroxyl groups excluding tert-OH is 1. The molecule has 7 nitrogen and oxygen atoms in total. The third kappa shape index (κ3) is 5.67. The lowest BCUT2D eigenvalue weighted by Gasteiger charge is -2.38. The number of aliphatic hydroxyl groups is 1. The molecule has 152 valence electrons. The van der Waals surface area contributed by atoms with Gasteiger partial charge < -0.3 is 14.7 Å². The summed E-state index contributed by atoms with van der Waals surface area (Å²) in [5, 5.41) is 9.40. The summed E-state index contributed by atoms with van der Waals surface area (Å²) in [7, 11) is -3.71. The molecule has 0 atom stereocenters. The molecule has 1 N–H and O–H groups in total. The molecule has 1 aromatic carbocycles. The van der Waals surface area contributed by atoms with E-state index in [1.54, 1.807) is 29.2 Å². The molecule has 0 aliphatic carbocycles. The average Bonchev–Trinajstić information content (AvgIpc) is 2.58. The summed E-state index contributed by atoms with van der Waals surface area (Å²) in [4.78, 5) is 14.0. The number of carbonyl (C=O) groups excluding carboxylic acids is 1. The van der Waals surface area contributed by atoms with Crippen molar-refractivity contribution in [1.82, 2.24) is 9.21 Å². The quantitative estimate of drug-likeness (QED) is 0.823. The summed E-state index contributed by atoms with van der Waals surface area (Å²) in [5.74, 6) is 0. The highest BCUT2D eigenvalue weighted by Crippen LogP contribution is 2.25. The molecule has 1 aliphatic heterocycles. The molecule has 0 radical (unpaired) electrons. The van der Waals surface area contributed by atoms with Crippen LogP contribution in [-0.2, 0) is 14.8 Å². The summed E-state index contributed by atoms with van der Waals surface area (Å²) < 4.78 is 32.8. The first kappa shape index (κ1) is 21.7. The maximum absolute atomic E-state index is 13.0. The zero-order valence-corrected chi connectivity index (χ0v) is 17.3. The van der Waals surface area contributed by atoms with Crippen LogP contribution >= 0.6 is 0 Å². The Kier molecular flexibility index (Phi) is 6.88. The van der Waals surface area contributed by atoms with Crippen molar-refractivity contribution in [1.29, 1.82) is 0 Å². The van der Waals surface area contributed by atoms with Crippen molar-refractivity contribution in [3.63, 3.8) is 0 Å². The van der Waals surface area contributed by atoms with Crippen molar-refractivity contribution in [2.24, 2.45) is 0 Å². The highest BCUT2D eigenvalue weighted by atomic mass is 32.2. The van der Waals surface area contributed by atoms with E-state index in [4.69, 9.17) is 4.74 Å². The fraction of sp³-hybridized carbons (Fsp3) is 0.632. The molecule has 2 rings (SSSR count). The molecule has 1 saturated heterocycles. The van der Waals surface area contributed by atoms with Crippen molar-refractivity contribution >= 4 is 16.1 Å². The van der Waals surface area contributed by atoms with Crippen LogP contribution in [0.1, 0.15) is 39.2 Å². The topological polar surface area (TPSA) is 87.2 Å². The van der Waals surface area contributed by atoms with Gasteiger partial charge in [-0.3, -0.25) is 0 Å². The van der Waals surface area contributed by atoms with Crippen LogP contribution in [0.2, 0.25) is 0 Å². The zero-order valence-electron chi connectivity index (χ0n) is 16.5. The number of rotatable bonds is 5. The summed E-state index contributed by atoms with van der Waals surface area (Å²) in [5.41, 5.74) is 0.416. The van der Waals surface area contributed by atoms with Crippen LogP contribution in [0, 0.1) is 6.92 Å². The Bertz CT molecular complexity index is 732. The van der Waals surface area contributed by atoms with Crippen molar-refractivity contribution < 1.29 is 23.1 Å². The Balaban J connectivity index is 2.10. The molecule has 27 heavy (non-hydrogen) atoms. The van der Waals surface area contributed by atoms with Crippen LogP contribution in [0.5, 0.6) is 0 Å². The van der Waals surface area contributed by atoms with Crippen molar-refractivity contribution in [3.8, 4) is 0 Å². The number of ether oxygens (including phenoxy) is 1. The minimum Gasteiger partial charge on any atom is -0.444 e. The smallest absolute Gasteiger partial charge is 0.410 e. The molecule has 0 unspecified atom stereocenters. The predicted molar refractivity (Wildman–Crippen MR) is 103 cm³/mol. The number of aryl methyl sites for hydroxylation is 1. The van der Waals surface area contributed by atoms with E-state index >= 15 is 0 Å². The molecule has 1 heterocycles. The Labute approximate surface area is 162 Å². The lowest BCUT2D eigenvalue weighted by molar-refractivity contribution is 0.0174. The number of piperidine rings is 1. The van der Waals surface area contributed by atoms with Gasteiger partial charge in [0.05, 0.1) is 11.5 Å². The Morgan fingerprint density at radius 1 is 1.22 bits per heavy atom. The molecule has 0 spiro atoms. The molecule has 1 aromatic rings. The standard InChI is InChI=1S/C19H30N2O5S/c1-15-5-7-17(8-6-15)27(24,25)21(13-14-22)16-9-11-20(12-10-16)18(23)26-19(2,3)4/h5-8,16,22H,9-14H2,1-4H3. The molecule has 0 aromatic heterocycles. The van der Waals surface area contributed by atoms with Gasteiger partial charge in [-0.2, -0.15) is 4.31 Å². The monoisotopic (exact) mass is 398 g/mol. The summed E-state index contributed by atoms with van der Waals surface area (Å²) in [6.45, 7) is 7.97. The minimum absolute atomic E-state index is 0.0350. The molecule has 1 amide bonds. The van der Waals surface area contributed by atoms with E-state index in [1.807, 2.05) is 27.7 Å². The van der Waals surface area contributed by atoms with E-state index < -0.39 is 15.6 Å². The lowest BCUT2D eigenvalue weighted by atomic mass is 10.1. The first-order valence-electron chi connectivity index (χ1n) is 9.22. The van der Waals surface area contributed by atoms with Crippen LogP contribution in [0.4, 0.5) is 4.79 Å². The van der Waals surface area contributed by atoms with Gasteiger partial charge in [0.25, 0.3) is 0 Å². The molecule has 1 fully saturated rings. The van der Waals surface area contributed by atoms with Crippen LogP contribution in [0.3, 0.4) is 0 Å². The molecule has 1 aliphatic rings. The van der Waals surface area contributed by atoms with Crippen LogP contribution in [-0.4, -0.2) is 66.7 Å². The van der Waals surface area contributed by atoms with E-state index in [0.29, 0.717) is 25.9 Å². The van der Waals surface area contributed by atoms with Gasteiger partial charge in [0, 0.05) is 25.7 Å². The van der Waals surface area contributed by atoms with Crippen molar-refractivity contribution in [3.05, 3.63) is 29.8 Å². The number of likely N-dealkylation sites (tertiary alicyclic amines) is 1.